The Morgan fingerprint density at radius 2 is 1.80 bits per heavy atom. The molecular formula is C27H24FN5OS. The van der Waals surface area contributed by atoms with Crippen molar-refractivity contribution in [1.29, 1.82) is 0 Å². The van der Waals surface area contributed by atoms with Gasteiger partial charge in [-0.05, 0) is 60.2 Å². The summed E-state index contributed by atoms with van der Waals surface area (Å²) in [7, 11) is 0. The van der Waals surface area contributed by atoms with Crippen LogP contribution in [0.2, 0.25) is 0 Å². The molecule has 35 heavy (non-hydrogen) atoms. The van der Waals surface area contributed by atoms with Crippen molar-refractivity contribution in [3.8, 4) is 5.69 Å². The standard InChI is InChI=1S/C27H24FN5OS/c28-21-10-4-5-11-22(21)30-24(34)14-17-33-26(25(31-27(33)35)23-12-6-7-15-29-23)19-13-16-32(18-19)20-8-2-1-3-9-20/h1-13,15-16,18,25-26H,14,17H2,(H,30,34)(H,31,35). The number of thiocarbonyl (C=S) groups is 1. The number of nitrogens with one attached hydrogen (secondary N) is 2. The van der Waals surface area contributed by atoms with Crippen molar-refractivity contribution < 1.29 is 9.18 Å². The molecule has 0 bridgehead atoms. The van der Waals surface area contributed by atoms with E-state index >= 15 is 0 Å². The quantitative estimate of drug-likeness (QED) is 0.360. The van der Waals surface area contributed by atoms with Crippen molar-refractivity contribution >= 4 is 28.9 Å². The third-order valence-corrected chi connectivity index (χ3v) is 6.39. The summed E-state index contributed by atoms with van der Waals surface area (Å²) in [5.74, 6) is -0.741. The van der Waals surface area contributed by atoms with E-state index in [1.165, 1.54) is 6.07 Å². The van der Waals surface area contributed by atoms with E-state index in [1.807, 2.05) is 59.6 Å². The van der Waals surface area contributed by atoms with Crippen molar-refractivity contribution in [3.05, 3.63) is 115 Å². The molecule has 1 aliphatic heterocycles. The molecular weight excluding hydrogens is 461 g/mol. The van der Waals surface area contributed by atoms with Gasteiger partial charge in [0.2, 0.25) is 5.91 Å². The van der Waals surface area contributed by atoms with Gasteiger partial charge in [0.15, 0.2) is 5.11 Å². The first-order valence-electron chi connectivity index (χ1n) is 11.4. The average molecular weight is 486 g/mol. The topological polar surface area (TPSA) is 62.2 Å². The van der Waals surface area contributed by atoms with Crippen LogP contribution in [-0.4, -0.2) is 32.0 Å². The van der Waals surface area contributed by atoms with E-state index in [0.717, 1.165) is 16.9 Å². The highest BCUT2D eigenvalue weighted by Gasteiger charge is 2.40. The molecule has 2 aromatic carbocycles. The lowest BCUT2D eigenvalue weighted by molar-refractivity contribution is -0.116. The van der Waals surface area contributed by atoms with Crippen molar-refractivity contribution in [2.24, 2.45) is 0 Å². The number of para-hydroxylation sites is 2. The molecule has 5 rings (SSSR count). The van der Waals surface area contributed by atoms with Gasteiger partial charge in [-0.3, -0.25) is 9.78 Å². The van der Waals surface area contributed by atoms with Gasteiger partial charge in [-0.1, -0.05) is 36.4 Å². The number of nitrogens with zero attached hydrogens (tertiary/aromatic N) is 3. The molecule has 1 amide bonds. The Morgan fingerprint density at radius 3 is 2.57 bits per heavy atom. The molecule has 176 valence electrons. The summed E-state index contributed by atoms with van der Waals surface area (Å²) in [4.78, 5) is 19.2. The number of hydrogen-bond donors (Lipinski definition) is 2. The SMILES string of the molecule is O=C(CCN1C(=S)NC(c2ccccn2)C1c1ccn(-c2ccccc2)c1)Nc1ccccc1F. The number of carbonyl (C=O) groups is 1. The molecule has 4 aromatic rings. The number of halogens is 1. The smallest absolute Gasteiger partial charge is 0.226 e. The van der Waals surface area contributed by atoms with Gasteiger partial charge in [-0.25, -0.2) is 4.39 Å². The van der Waals surface area contributed by atoms with Crippen LogP contribution in [0.4, 0.5) is 10.1 Å². The summed E-state index contributed by atoms with van der Waals surface area (Å²) in [6, 6.07) is 23.7. The molecule has 2 aromatic heterocycles. The zero-order valence-corrected chi connectivity index (χ0v) is 19.7. The second kappa shape index (κ2) is 10.1. The van der Waals surface area contributed by atoms with Gasteiger partial charge < -0.3 is 20.1 Å². The van der Waals surface area contributed by atoms with Crippen molar-refractivity contribution in [1.82, 2.24) is 19.8 Å². The fourth-order valence-electron chi connectivity index (χ4n) is 4.36. The van der Waals surface area contributed by atoms with Crippen molar-refractivity contribution in [3.63, 3.8) is 0 Å². The predicted octanol–water partition coefficient (Wildman–Crippen LogP) is 5.01. The number of rotatable bonds is 7. The molecule has 0 radical (unpaired) electrons. The van der Waals surface area contributed by atoms with E-state index in [0.29, 0.717) is 11.7 Å². The van der Waals surface area contributed by atoms with Crippen LogP contribution in [0.5, 0.6) is 0 Å². The first kappa shape index (κ1) is 22.7. The summed E-state index contributed by atoms with van der Waals surface area (Å²) in [6.45, 7) is 0.372. The molecule has 0 saturated carbocycles. The third-order valence-electron chi connectivity index (χ3n) is 6.04. The lowest BCUT2D eigenvalue weighted by Crippen LogP contribution is -2.32. The largest absolute Gasteiger partial charge is 0.352 e. The maximum atomic E-state index is 14.0. The molecule has 1 saturated heterocycles. The predicted molar refractivity (Wildman–Crippen MR) is 138 cm³/mol. The maximum Gasteiger partial charge on any atom is 0.226 e. The minimum absolute atomic E-state index is 0.154. The number of anilines is 1. The molecule has 0 spiro atoms. The van der Waals surface area contributed by atoms with Crippen molar-refractivity contribution in [2.45, 2.75) is 18.5 Å². The average Bonchev–Trinajstić information content (AvgIpc) is 3.50. The van der Waals surface area contributed by atoms with E-state index in [4.69, 9.17) is 12.2 Å². The lowest BCUT2D eigenvalue weighted by Gasteiger charge is -2.27. The number of aromatic nitrogens is 2. The fraction of sp³-hybridized carbons (Fsp3) is 0.148. The van der Waals surface area contributed by atoms with E-state index in [9.17, 15) is 9.18 Å². The molecule has 2 unspecified atom stereocenters. The highest BCUT2D eigenvalue weighted by Crippen LogP contribution is 2.39. The molecule has 0 aliphatic carbocycles. The van der Waals surface area contributed by atoms with E-state index in [2.05, 4.69) is 32.4 Å². The van der Waals surface area contributed by atoms with Crippen LogP contribution < -0.4 is 10.6 Å². The fourth-order valence-corrected chi connectivity index (χ4v) is 4.69. The summed E-state index contributed by atoms with van der Waals surface area (Å²) >= 11 is 5.69. The number of pyridine rings is 1. The van der Waals surface area contributed by atoms with Gasteiger partial charge >= 0.3 is 0 Å². The van der Waals surface area contributed by atoms with E-state index < -0.39 is 5.82 Å². The van der Waals surface area contributed by atoms with Crippen LogP contribution in [-0.2, 0) is 4.79 Å². The Kier molecular flexibility index (Phi) is 6.54. The van der Waals surface area contributed by atoms with Gasteiger partial charge in [-0.15, -0.1) is 0 Å². The van der Waals surface area contributed by atoms with Crippen LogP contribution in [0, 0.1) is 5.82 Å². The number of hydrogen-bond acceptors (Lipinski definition) is 3. The molecule has 2 atom stereocenters. The van der Waals surface area contributed by atoms with Crippen LogP contribution in [0.25, 0.3) is 5.69 Å². The number of carbonyl (C=O) groups excluding carboxylic acids is 1. The Bertz CT molecular complexity index is 1330. The normalized spacial score (nSPS) is 17.3. The molecule has 8 heteroatoms. The van der Waals surface area contributed by atoms with Crippen LogP contribution in [0.15, 0.2) is 97.5 Å². The summed E-state index contributed by atoms with van der Waals surface area (Å²) in [6.07, 6.45) is 6.01. The van der Waals surface area contributed by atoms with Gasteiger partial charge in [0.05, 0.1) is 23.5 Å². The second-order valence-electron chi connectivity index (χ2n) is 8.29. The van der Waals surface area contributed by atoms with Crippen LogP contribution in [0.3, 0.4) is 0 Å². The number of benzene rings is 2. The zero-order valence-electron chi connectivity index (χ0n) is 18.8. The van der Waals surface area contributed by atoms with E-state index in [1.54, 1.807) is 24.4 Å². The molecule has 6 nitrogen and oxygen atoms in total. The molecule has 3 heterocycles. The first-order valence-corrected chi connectivity index (χ1v) is 11.8. The van der Waals surface area contributed by atoms with Gasteiger partial charge in [0, 0.05) is 37.2 Å². The monoisotopic (exact) mass is 485 g/mol. The Hall–Kier alpha value is -4.04. The maximum absolute atomic E-state index is 14.0. The van der Waals surface area contributed by atoms with Gasteiger partial charge in [0.1, 0.15) is 5.82 Å². The second-order valence-corrected chi connectivity index (χ2v) is 8.67. The van der Waals surface area contributed by atoms with Gasteiger partial charge in [0.25, 0.3) is 0 Å². The van der Waals surface area contributed by atoms with Crippen LogP contribution in [0.1, 0.15) is 29.8 Å². The summed E-state index contributed by atoms with van der Waals surface area (Å²) < 4.78 is 16.0. The zero-order chi connectivity index (χ0) is 24.2. The first-order chi connectivity index (χ1) is 17.1. The Balaban J connectivity index is 1.39. The highest BCUT2D eigenvalue weighted by molar-refractivity contribution is 7.80. The third kappa shape index (κ3) is 4.93. The van der Waals surface area contributed by atoms with Crippen molar-refractivity contribution in [2.75, 3.05) is 11.9 Å². The minimum atomic E-state index is -0.463. The Labute approximate surface area is 208 Å². The summed E-state index contributed by atoms with van der Waals surface area (Å²) in [5, 5.41) is 6.60. The lowest BCUT2D eigenvalue weighted by atomic mass is 9.99. The minimum Gasteiger partial charge on any atom is -0.352 e. The van der Waals surface area contributed by atoms with E-state index in [-0.39, 0.29) is 30.1 Å². The Morgan fingerprint density at radius 1 is 1.03 bits per heavy atom. The molecule has 1 fully saturated rings. The molecule has 2 N–H and O–H groups in total. The van der Waals surface area contributed by atoms with Crippen LogP contribution >= 0.6 is 12.2 Å². The highest BCUT2D eigenvalue weighted by atomic mass is 32.1. The number of amides is 1. The van der Waals surface area contributed by atoms with Gasteiger partial charge in [-0.2, -0.15) is 0 Å². The molecule has 1 aliphatic rings. The summed E-state index contributed by atoms with van der Waals surface area (Å²) in [5.41, 5.74) is 3.14.